The number of methoxy groups -OCH3 is 3. The van der Waals surface area contributed by atoms with E-state index in [9.17, 15) is 14.7 Å². The van der Waals surface area contributed by atoms with Crippen LogP contribution in [0, 0.1) is 0 Å². The second-order valence-corrected chi connectivity index (χ2v) is 6.95. The Hall–Kier alpha value is -3.22. The van der Waals surface area contributed by atoms with Gasteiger partial charge in [-0.1, -0.05) is 30.3 Å². The van der Waals surface area contributed by atoms with Crippen LogP contribution in [0.2, 0.25) is 0 Å². The average Bonchev–Trinajstić information content (AvgIpc) is 2.78. The van der Waals surface area contributed by atoms with E-state index >= 15 is 0 Å². The summed E-state index contributed by atoms with van der Waals surface area (Å²) < 4.78 is 15.9. The van der Waals surface area contributed by atoms with Gasteiger partial charge in [0, 0.05) is 25.2 Å². The Labute approximate surface area is 169 Å². The quantitative estimate of drug-likeness (QED) is 0.804. The minimum atomic E-state index is -0.986. The Kier molecular flexibility index (Phi) is 5.96. The molecule has 1 fully saturated rings. The average molecular weight is 399 g/mol. The lowest BCUT2D eigenvalue weighted by Gasteiger charge is -2.39. The maximum atomic E-state index is 13.2. The molecule has 0 atom stereocenters. The zero-order chi connectivity index (χ0) is 21.0. The van der Waals surface area contributed by atoms with Crippen LogP contribution in [0.4, 0.5) is 0 Å². The molecule has 0 aliphatic carbocycles. The molecule has 0 unspecified atom stereocenters. The summed E-state index contributed by atoms with van der Waals surface area (Å²) in [5.74, 6) is 0.187. The van der Waals surface area contributed by atoms with Crippen LogP contribution in [-0.4, -0.2) is 56.3 Å². The van der Waals surface area contributed by atoms with Crippen molar-refractivity contribution in [2.75, 3.05) is 34.4 Å². The van der Waals surface area contributed by atoms with E-state index in [1.165, 1.54) is 21.3 Å². The first-order chi connectivity index (χ1) is 14.0. The second-order valence-electron chi connectivity index (χ2n) is 6.95. The van der Waals surface area contributed by atoms with Gasteiger partial charge >= 0.3 is 5.97 Å². The maximum absolute atomic E-state index is 13.2. The number of carboxylic acid groups (broad SMARTS) is 1. The normalized spacial score (nSPS) is 15.5. The molecule has 154 valence electrons. The van der Waals surface area contributed by atoms with Crippen LogP contribution in [0.1, 0.15) is 28.8 Å². The number of ether oxygens (including phenoxy) is 3. The summed E-state index contributed by atoms with van der Waals surface area (Å²) in [7, 11) is 4.50. The SMILES string of the molecule is COc1cc(OC)c(C(=O)N2CCC(C(=O)O)(c3ccccc3)CC2)cc1OC. The van der Waals surface area contributed by atoms with Gasteiger partial charge in [0.05, 0.1) is 32.3 Å². The smallest absolute Gasteiger partial charge is 0.314 e. The summed E-state index contributed by atoms with van der Waals surface area (Å²) in [5, 5.41) is 9.94. The molecule has 1 N–H and O–H groups in total. The molecule has 7 nitrogen and oxygen atoms in total. The van der Waals surface area contributed by atoms with E-state index in [-0.39, 0.29) is 5.91 Å². The van der Waals surface area contributed by atoms with Crippen LogP contribution in [0.3, 0.4) is 0 Å². The summed E-state index contributed by atoms with van der Waals surface area (Å²) in [6, 6.07) is 12.4. The molecular formula is C22H25NO6. The first-order valence-electron chi connectivity index (χ1n) is 9.35. The molecule has 1 heterocycles. The number of carbonyl (C=O) groups is 2. The van der Waals surface area contributed by atoms with Gasteiger partial charge < -0.3 is 24.2 Å². The first kappa shape index (κ1) is 20.5. The zero-order valence-electron chi connectivity index (χ0n) is 16.8. The Bertz CT molecular complexity index is 888. The van der Waals surface area contributed by atoms with Gasteiger partial charge in [-0.3, -0.25) is 9.59 Å². The molecule has 0 radical (unpaired) electrons. The summed E-state index contributed by atoms with van der Waals surface area (Å²) >= 11 is 0. The first-order valence-corrected chi connectivity index (χ1v) is 9.35. The molecule has 1 aliphatic rings. The molecule has 0 aromatic heterocycles. The van der Waals surface area contributed by atoms with Gasteiger partial charge in [-0.15, -0.1) is 0 Å². The standard InChI is InChI=1S/C22H25NO6/c1-27-17-14-19(29-3)18(28-2)13-16(17)20(24)23-11-9-22(10-12-23,21(25)26)15-7-5-4-6-8-15/h4-8,13-14H,9-12H2,1-3H3,(H,25,26). The Balaban J connectivity index is 1.86. The van der Waals surface area contributed by atoms with Gasteiger partial charge in [-0.25, -0.2) is 0 Å². The lowest BCUT2D eigenvalue weighted by molar-refractivity contribution is -0.145. The fourth-order valence-electron chi connectivity index (χ4n) is 3.84. The molecule has 1 saturated heterocycles. The van der Waals surface area contributed by atoms with E-state index in [1.54, 1.807) is 17.0 Å². The molecule has 0 bridgehead atoms. The number of carbonyl (C=O) groups excluding carboxylic acids is 1. The molecule has 2 aromatic carbocycles. The van der Waals surface area contributed by atoms with Crippen LogP contribution in [0.15, 0.2) is 42.5 Å². The topological polar surface area (TPSA) is 85.3 Å². The molecule has 0 spiro atoms. The van der Waals surface area contributed by atoms with E-state index in [0.29, 0.717) is 48.7 Å². The highest BCUT2D eigenvalue weighted by molar-refractivity contribution is 5.98. The molecule has 3 rings (SSSR count). The molecular weight excluding hydrogens is 374 g/mol. The maximum Gasteiger partial charge on any atom is 0.314 e. The lowest BCUT2D eigenvalue weighted by Crippen LogP contribution is -2.49. The summed E-state index contributed by atoms with van der Waals surface area (Å²) in [5.41, 5.74) is 0.135. The number of nitrogens with zero attached hydrogens (tertiary/aromatic N) is 1. The minimum absolute atomic E-state index is 0.227. The highest BCUT2D eigenvalue weighted by atomic mass is 16.5. The summed E-state index contributed by atoms with van der Waals surface area (Å²) in [6.45, 7) is 0.662. The highest BCUT2D eigenvalue weighted by Gasteiger charge is 2.44. The minimum Gasteiger partial charge on any atom is -0.496 e. The highest BCUT2D eigenvalue weighted by Crippen LogP contribution is 2.38. The van der Waals surface area contributed by atoms with Gasteiger partial charge in [0.2, 0.25) is 0 Å². The Morgan fingerprint density at radius 3 is 1.97 bits per heavy atom. The number of carboxylic acids is 1. The third kappa shape index (κ3) is 3.72. The van der Waals surface area contributed by atoms with Gasteiger partial charge in [-0.05, 0) is 18.4 Å². The van der Waals surface area contributed by atoms with Crippen LogP contribution in [0.25, 0.3) is 0 Å². The van der Waals surface area contributed by atoms with Gasteiger partial charge in [0.25, 0.3) is 5.91 Å². The molecule has 29 heavy (non-hydrogen) atoms. The molecule has 1 aliphatic heterocycles. The monoisotopic (exact) mass is 399 g/mol. The van der Waals surface area contributed by atoms with Crippen molar-refractivity contribution in [1.29, 1.82) is 0 Å². The van der Waals surface area contributed by atoms with Crippen molar-refractivity contribution in [2.24, 2.45) is 0 Å². The fraction of sp³-hybridized carbons (Fsp3) is 0.364. The predicted octanol–water partition coefficient (Wildman–Crippen LogP) is 2.97. The van der Waals surface area contributed by atoms with Crippen molar-refractivity contribution >= 4 is 11.9 Å². The third-order valence-corrected chi connectivity index (χ3v) is 5.58. The molecule has 2 aromatic rings. The van der Waals surface area contributed by atoms with Gasteiger partial charge in [0.15, 0.2) is 11.5 Å². The van der Waals surface area contributed by atoms with Gasteiger partial charge in [-0.2, -0.15) is 0 Å². The van der Waals surface area contributed by atoms with E-state index in [4.69, 9.17) is 14.2 Å². The molecule has 0 saturated carbocycles. The van der Waals surface area contributed by atoms with Crippen LogP contribution in [-0.2, 0) is 10.2 Å². The van der Waals surface area contributed by atoms with E-state index in [1.807, 2.05) is 30.3 Å². The van der Waals surface area contributed by atoms with Crippen LogP contribution in [0.5, 0.6) is 17.2 Å². The summed E-state index contributed by atoms with van der Waals surface area (Å²) in [6.07, 6.45) is 0.682. The van der Waals surface area contributed by atoms with Crippen molar-refractivity contribution in [1.82, 2.24) is 4.90 Å². The van der Waals surface area contributed by atoms with Crippen molar-refractivity contribution < 1.29 is 28.9 Å². The van der Waals surface area contributed by atoms with Crippen molar-refractivity contribution in [3.63, 3.8) is 0 Å². The number of likely N-dealkylation sites (tertiary alicyclic amines) is 1. The second kappa shape index (κ2) is 8.43. The number of hydrogen-bond donors (Lipinski definition) is 1. The summed E-state index contributed by atoms with van der Waals surface area (Å²) in [4.78, 5) is 27.0. The zero-order valence-corrected chi connectivity index (χ0v) is 16.8. The number of hydrogen-bond acceptors (Lipinski definition) is 5. The van der Waals surface area contributed by atoms with E-state index < -0.39 is 11.4 Å². The fourth-order valence-corrected chi connectivity index (χ4v) is 3.84. The lowest BCUT2D eigenvalue weighted by atomic mass is 9.72. The Morgan fingerprint density at radius 1 is 0.897 bits per heavy atom. The van der Waals surface area contributed by atoms with Crippen molar-refractivity contribution in [2.45, 2.75) is 18.3 Å². The Morgan fingerprint density at radius 2 is 1.45 bits per heavy atom. The van der Waals surface area contributed by atoms with E-state index in [2.05, 4.69) is 0 Å². The number of aliphatic carboxylic acids is 1. The van der Waals surface area contributed by atoms with Crippen molar-refractivity contribution in [3.05, 3.63) is 53.6 Å². The van der Waals surface area contributed by atoms with Crippen LogP contribution >= 0.6 is 0 Å². The number of benzene rings is 2. The number of amides is 1. The van der Waals surface area contributed by atoms with Crippen LogP contribution < -0.4 is 14.2 Å². The number of rotatable bonds is 6. The molecule has 1 amide bonds. The van der Waals surface area contributed by atoms with E-state index in [0.717, 1.165) is 5.56 Å². The third-order valence-electron chi connectivity index (χ3n) is 5.58. The number of piperidine rings is 1. The largest absolute Gasteiger partial charge is 0.496 e. The van der Waals surface area contributed by atoms with Gasteiger partial charge in [0.1, 0.15) is 5.75 Å². The predicted molar refractivity (Wildman–Crippen MR) is 107 cm³/mol. The molecule has 7 heteroatoms. The van der Waals surface area contributed by atoms with Crippen molar-refractivity contribution in [3.8, 4) is 17.2 Å².